The summed E-state index contributed by atoms with van der Waals surface area (Å²) in [5.74, 6) is 0. The highest BCUT2D eigenvalue weighted by Gasteiger charge is 2.08. The molecule has 18 heavy (non-hydrogen) atoms. The second-order valence-electron chi connectivity index (χ2n) is 3.65. The maximum Gasteiger partial charge on any atom is 0.134 e. The average molecular weight is 401 g/mol. The Kier molecular flexibility index (Phi) is 3.66. The lowest BCUT2D eigenvalue weighted by atomic mass is 10.2. The summed E-state index contributed by atoms with van der Waals surface area (Å²) in [4.78, 5) is 5.89. The molecule has 0 spiro atoms. The average Bonchev–Trinajstić information content (AvgIpc) is 2.97. The van der Waals surface area contributed by atoms with Gasteiger partial charge in [-0.3, -0.25) is 0 Å². The molecule has 0 amide bonds. The van der Waals surface area contributed by atoms with Crippen LogP contribution in [0.15, 0.2) is 50.0 Å². The number of hydrogen-bond donors (Lipinski definition) is 0. The van der Waals surface area contributed by atoms with Crippen molar-refractivity contribution in [3.8, 4) is 21.1 Å². The van der Waals surface area contributed by atoms with Crippen molar-refractivity contribution in [3.63, 3.8) is 0 Å². The van der Waals surface area contributed by atoms with Crippen LogP contribution in [0.1, 0.15) is 0 Å². The number of rotatable bonds is 2. The number of hydrogen-bond acceptors (Lipinski definition) is 3. The van der Waals surface area contributed by atoms with Crippen molar-refractivity contribution in [2.45, 2.75) is 0 Å². The van der Waals surface area contributed by atoms with Gasteiger partial charge < -0.3 is 0 Å². The van der Waals surface area contributed by atoms with Gasteiger partial charge in [0.15, 0.2) is 0 Å². The van der Waals surface area contributed by atoms with Gasteiger partial charge in [0.25, 0.3) is 0 Å². The lowest BCUT2D eigenvalue weighted by Crippen LogP contribution is -1.77. The zero-order valence-corrected chi connectivity index (χ0v) is 13.9. The largest absolute Gasteiger partial charge is 0.235 e. The molecule has 0 saturated heterocycles. The highest BCUT2D eigenvalue weighted by molar-refractivity contribution is 9.11. The van der Waals surface area contributed by atoms with Gasteiger partial charge in [-0.25, -0.2) is 4.98 Å². The van der Waals surface area contributed by atoms with E-state index in [1.807, 2.05) is 12.1 Å². The Labute approximate surface area is 130 Å². The van der Waals surface area contributed by atoms with Crippen LogP contribution in [0, 0.1) is 0 Å². The van der Waals surface area contributed by atoms with E-state index >= 15 is 0 Å². The third-order valence-corrected chi connectivity index (χ3v) is 5.54. The number of halogens is 2. The molecule has 0 saturated carbocycles. The molecule has 2 aromatic heterocycles. The summed E-state index contributed by atoms with van der Waals surface area (Å²) >= 11 is 10.4. The Balaban J connectivity index is 1.99. The zero-order valence-electron chi connectivity index (χ0n) is 9.06. The van der Waals surface area contributed by atoms with E-state index in [0.717, 1.165) is 24.5 Å². The summed E-state index contributed by atoms with van der Waals surface area (Å²) in [7, 11) is 0. The monoisotopic (exact) mass is 399 g/mol. The molecule has 0 atom stereocenters. The molecule has 0 aliphatic rings. The second kappa shape index (κ2) is 5.25. The molecule has 0 aliphatic heterocycles. The first kappa shape index (κ1) is 12.5. The van der Waals surface area contributed by atoms with E-state index in [4.69, 9.17) is 4.98 Å². The van der Waals surface area contributed by atoms with E-state index in [2.05, 4.69) is 61.5 Å². The van der Waals surface area contributed by atoms with E-state index in [1.165, 1.54) is 4.88 Å². The molecule has 3 rings (SSSR count). The van der Waals surface area contributed by atoms with Gasteiger partial charge in [0.05, 0.1) is 14.4 Å². The van der Waals surface area contributed by atoms with Crippen molar-refractivity contribution in [1.29, 1.82) is 0 Å². The first-order valence-corrected chi connectivity index (χ1v) is 8.48. The standard InChI is InChI=1S/C13H7Br2NS2/c14-9-3-1-2-8(6-9)10-7-17-13(16-10)11-4-5-12(15)18-11/h1-7H. The van der Waals surface area contributed by atoms with Gasteiger partial charge in [0.2, 0.25) is 0 Å². The van der Waals surface area contributed by atoms with Crippen molar-refractivity contribution in [2.24, 2.45) is 0 Å². The molecule has 0 aliphatic carbocycles. The fourth-order valence-corrected chi connectivity index (χ4v) is 4.28. The van der Waals surface area contributed by atoms with E-state index < -0.39 is 0 Å². The summed E-state index contributed by atoms with van der Waals surface area (Å²) in [5.41, 5.74) is 2.17. The van der Waals surface area contributed by atoms with Gasteiger partial charge in [0.1, 0.15) is 5.01 Å². The third kappa shape index (κ3) is 2.59. The summed E-state index contributed by atoms with van der Waals surface area (Å²) in [5, 5.41) is 3.17. The maximum atomic E-state index is 4.69. The molecule has 2 heterocycles. The van der Waals surface area contributed by atoms with Gasteiger partial charge in [-0.1, -0.05) is 28.1 Å². The van der Waals surface area contributed by atoms with Crippen LogP contribution >= 0.6 is 54.5 Å². The molecule has 0 unspecified atom stereocenters. The molecule has 0 bridgehead atoms. The molecule has 1 aromatic carbocycles. The van der Waals surface area contributed by atoms with Crippen molar-refractivity contribution < 1.29 is 0 Å². The maximum absolute atomic E-state index is 4.69. The van der Waals surface area contributed by atoms with Crippen molar-refractivity contribution in [2.75, 3.05) is 0 Å². The minimum Gasteiger partial charge on any atom is -0.235 e. The Morgan fingerprint density at radius 1 is 1.06 bits per heavy atom. The van der Waals surface area contributed by atoms with Crippen LogP contribution in [0.25, 0.3) is 21.1 Å². The lowest BCUT2D eigenvalue weighted by Gasteiger charge is -1.96. The summed E-state index contributed by atoms with van der Waals surface area (Å²) < 4.78 is 2.21. The van der Waals surface area contributed by atoms with E-state index in [-0.39, 0.29) is 0 Å². The molecule has 0 N–H and O–H groups in total. The Bertz CT molecular complexity index is 688. The van der Waals surface area contributed by atoms with Gasteiger partial charge in [-0.15, -0.1) is 22.7 Å². The smallest absolute Gasteiger partial charge is 0.134 e. The summed E-state index contributed by atoms with van der Waals surface area (Å²) in [6, 6.07) is 12.4. The molecule has 5 heteroatoms. The van der Waals surface area contributed by atoms with Crippen LogP contribution in [0.4, 0.5) is 0 Å². The fraction of sp³-hybridized carbons (Fsp3) is 0. The first-order valence-electron chi connectivity index (χ1n) is 5.19. The number of benzene rings is 1. The molecule has 0 radical (unpaired) electrons. The molecule has 0 fully saturated rings. The normalized spacial score (nSPS) is 10.8. The Morgan fingerprint density at radius 2 is 1.94 bits per heavy atom. The van der Waals surface area contributed by atoms with Crippen molar-refractivity contribution in [1.82, 2.24) is 4.98 Å². The molecule has 1 nitrogen and oxygen atoms in total. The predicted molar refractivity (Wildman–Crippen MR) is 86.3 cm³/mol. The van der Waals surface area contributed by atoms with Crippen LogP contribution in [0.2, 0.25) is 0 Å². The topological polar surface area (TPSA) is 12.9 Å². The second-order valence-corrected chi connectivity index (χ2v) is 7.89. The number of thiophene rings is 1. The van der Waals surface area contributed by atoms with E-state index in [9.17, 15) is 0 Å². The minimum atomic E-state index is 1.03. The number of nitrogens with zero attached hydrogens (tertiary/aromatic N) is 1. The van der Waals surface area contributed by atoms with Crippen molar-refractivity contribution >= 4 is 54.5 Å². The molecular formula is C13H7Br2NS2. The van der Waals surface area contributed by atoms with Crippen LogP contribution < -0.4 is 0 Å². The van der Waals surface area contributed by atoms with Gasteiger partial charge in [0, 0.05) is 15.4 Å². The van der Waals surface area contributed by atoms with Crippen molar-refractivity contribution in [3.05, 3.63) is 50.0 Å². The third-order valence-electron chi connectivity index (χ3n) is 2.41. The molecular weight excluding hydrogens is 394 g/mol. The van der Waals surface area contributed by atoms with Gasteiger partial charge in [-0.05, 0) is 40.2 Å². The van der Waals surface area contributed by atoms with Crippen LogP contribution in [0.5, 0.6) is 0 Å². The molecule has 90 valence electrons. The quantitative estimate of drug-likeness (QED) is 0.509. The zero-order chi connectivity index (χ0) is 12.5. The predicted octanol–water partition coefficient (Wildman–Crippen LogP) is 6.06. The first-order chi connectivity index (χ1) is 8.72. The van der Waals surface area contributed by atoms with Gasteiger partial charge >= 0.3 is 0 Å². The van der Waals surface area contributed by atoms with E-state index in [1.54, 1.807) is 22.7 Å². The number of aromatic nitrogens is 1. The minimum absolute atomic E-state index is 1.03. The van der Waals surface area contributed by atoms with Crippen LogP contribution in [-0.4, -0.2) is 4.98 Å². The van der Waals surface area contributed by atoms with E-state index in [0.29, 0.717) is 0 Å². The lowest BCUT2D eigenvalue weighted by molar-refractivity contribution is 1.41. The van der Waals surface area contributed by atoms with Gasteiger partial charge in [-0.2, -0.15) is 0 Å². The Morgan fingerprint density at radius 3 is 2.67 bits per heavy atom. The highest BCUT2D eigenvalue weighted by atomic mass is 79.9. The summed E-state index contributed by atoms with van der Waals surface area (Å²) in [6.07, 6.45) is 0. The molecule has 3 aromatic rings. The SMILES string of the molecule is Brc1cccc(-c2csc(-c3ccc(Br)s3)n2)c1. The summed E-state index contributed by atoms with van der Waals surface area (Å²) in [6.45, 7) is 0. The fourth-order valence-electron chi connectivity index (χ4n) is 1.60. The van der Waals surface area contributed by atoms with Crippen LogP contribution in [-0.2, 0) is 0 Å². The number of thiazole rings is 1. The highest BCUT2D eigenvalue weighted by Crippen LogP contribution is 2.35. The van der Waals surface area contributed by atoms with Crippen LogP contribution in [0.3, 0.4) is 0 Å². The Hall–Kier alpha value is -0.490.